The van der Waals surface area contributed by atoms with Gasteiger partial charge in [-0.05, 0) is 6.26 Å². The molecule has 5 nitrogen and oxygen atoms in total. The average Bonchev–Trinajstić information content (AvgIpc) is 2.28. The van der Waals surface area contributed by atoms with Gasteiger partial charge in [-0.25, -0.2) is 19.9 Å². The van der Waals surface area contributed by atoms with Crippen LogP contribution in [0.1, 0.15) is 5.69 Å². The van der Waals surface area contributed by atoms with E-state index in [1.54, 1.807) is 6.20 Å². The van der Waals surface area contributed by atoms with E-state index in [1.807, 2.05) is 6.26 Å². The lowest BCUT2D eigenvalue weighted by Crippen LogP contribution is -2.01. The summed E-state index contributed by atoms with van der Waals surface area (Å²) in [6.45, 7) is 0. The van der Waals surface area contributed by atoms with Gasteiger partial charge in [0.2, 0.25) is 0 Å². The van der Waals surface area contributed by atoms with Crippen molar-refractivity contribution in [1.29, 1.82) is 0 Å². The number of fused-ring (bicyclic) bond motifs is 1. The number of thioether (sulfide) groups is 1. The monoisotopic (exact) mass is 241 g/mol. The minimum absolute atomic E-state index is 0.298. The van der Waals surface area contributed by atoms with Gasteiger partial charge in [-0.1, -0.05) is 11.8 Å². The van der Waals surface area contributed by atoms with Crippen molar-refractivity contribution in [2.24, 2.45) is 0 Å². The number of nitrogens with zero attached hydrogens (tertiary/aromatic N) is 4. The molecule has 2 aromatic rings. The van der Waals surface area contributed by atoms with Crippen molar-refractivity contribution < 1.29 is 0 Å². The zero-order valence-corrected chi connectivity index (χ0v) is 9.51. The minimum atomic E-state index is 0.298. The number of hydrogen-bond donors (Lipinski definition) is 1. The highest BCUT2D eigenvalue weighted by molar-refractivity contribution is 7.98. The Kier molecular flexibility index (Phi) is 2.88. The van der Waals surface area contributed by atoms with Crippen LogP contribution in [-0.2, 0) is 5.88 Å². The number of nitrogens with two attached hydrogens (primary N) is 1. The number of halogens is 1. The summed E-state index contributed by atoms with van der Waals surface area (Å²) in [6, 6.07) is 0. The van der Waals surface area contributed by atoms with Crippen molar-refractivity contribution in [1.82, 2.24) is 19.9 Å². The summed E-state index contributed by atoms with van der Waals surface area (Å²) in [7, 11) is 0. The van der Waals surface area contributed by atoms with Gasteiger partial charge in [0.1, 0.15) is 0 Å². The summed E-state index contributed by atoms with van der Waals surface area (Å²) >= 11 is 7.06. The molecule has 0 atom stereocenters. The maximum atomic E-state index is 5.75. The Labute approximate surface area is 95.5 Å². The smallest absolute Gasteiger partial charge is 0.191 e. The number of rotatable bonds is 2. The second-order valence-electron chi connectivity index (χ2n) is 2.76. The molecule has 2 aromatic heterocycles. The van der Waals surface area contributed by atoms with Crippen LogP contribution in [0.5, 0.6) is 0 Å². The summed E-state index contributed by atoms with van der Waals surface area (Å²) in [4.78, 5) is 16.6. The van der Waals surface area contributed by atoms with Crippen LogP contribution in [0, 0.1) is 0 Å². The lowest BCUT2D eigenvalue weighted by atomic mass is 10.4. The lowest BCUT2D eigenvalue weighted by Gasteiger charge is -2.02. The first kappa shape index (κ1) is 10.4. The molecule has 0 radical (unpaired) electrons. The summed E-state index contributed by atoms with van der Waals surface area (Å²) in [5.41, 5.74) is 7.42. The molecular formula is C8H8ClN5S. The van der Waals surface area contributed by atoms with Gasteiger partial charge in [-0.2, -0.15) is 0 Å². The highest BCUT2D eigenvalue weighted by Crippen LogP contribution is 2.18. The second kappa shape index (κ2) is 4.16. The highest BCUT2D eigenvalue weighted by Gasteiger charge is 2.07. The maximum absolute atomic E-state index is 5.75. The standard InChI is InChI=1S/C8H8ClN5S/c1-15-8-13-6(10)5-7(14-8)11-3-4(2-9)12-5/h3H,2H2,1H3,(H2,10,11,13,14). The van der Waals surface area contributed by atoms with Crippen LogP contribution in [0.15, 0.2) is 11.4 Å². The Bertz CT molecular complexity index is 504. The van der Waals surface area contributed by atoms with Crippen molar-refractivity contribution in [2.75, 3.05) is 12.0 Å². The quantitative estimate of drug-likeness (QED) is 0.487. The second-order valence-corrected chi connectivity index (χ2v) is 3.80. The molecule has 0 bridgehead atoms. The molecule has 2 N–H and O–H groups in total. The molecule has 78 valence electrons. The Morgan fingerprint density at radius 1 is 1.40 bits per heavy atom. The number of aromatic nitrogens is 4. The van der Waals surface area contributed by atoms with E-state index < -0.39 is 0 Å². The molecular weight excluding hydrogens is 234 g/mol. The number of anilines is 1. The molecule has 0 aliphatic rings. The van der Waals surface area contributed by atoms with Crippen molar-refractivity contribution in [3.63, 3.8) is 0 Å². The first-order chi connectivity index (χ1) is 7.24. The third kappa shape index (κ3) is 1.95. The maximum Gasteiger partial charge on any atom is 0.191 e. The largest absolute Gasteiger partial charge is 0.382 e. The predicted molar refractivity (Wildman–Crippen MR) is 60.9 cm³/mol. The minimum Gasteiger partial charge on any atom is -0.382 e. The van der Waals surface area contributed by atoms with Gasteiger partial charge in [-0.15, -0.1) is 11.6 Å². The van der Waals surface area contributed by atoms with Crippen molar-refractivity contribution in [2.45, 2.75) is 11.0 Å². The van der Waals surface area contributed by atoms with E-state index in [-0.39, 0.29) is 0 Å². The molecule has 2 heterocycles. The zero-order valence-electron chi connectivity index (χ0n) is 7.94. The summed E-state index contributed by atoms with van der Waals surface area (Å²) in [5.74, 6) is 0.635. The first-order valence-electron chi connectivity index (χ1n) is 4.13. The Hall–Kier alpha value is -1.14. The summed E-state index contributed by atoms with van der Waals surface area (Å²) in [6.07, 6.45) is 3.47. The molecule has 7 heteroatoms. The lowest BCUT2D eigenvalue weighted by molar-refractivity contribution is 0.982. The van der Waals surface area contributed by atoms with Gasteiger partial charge in [0.15, 0.2) is 22.1 Å². The van der Waals surface area contributed by atoms with Crippen LogP contribution in [0.2, 0.25) is 0 Å². The van der Waals surface area contributed by atoms with E-state index in [0.29, 0.717) is 33.7 Å². The van der Waals surface area contributed by atoms with E-state index >= 15 is 0 Å². The van der Waals surface area contributed by atoms with Crippen molar-refractivity contribution >= 4 is 40.3 Å². The molecule has 0 aromatic carbocycles. The number of nitrogen functional groups attached to an aromatic ring is 1. The van der Waals surface area contributed by atoms with E-state index in [4.69, 9.17) is 17.3 Å². The molecule has 0 unspecified atom stereocenters. The van der Waals surface area contributed by atoms with Gasteiger partial charge in [-0.3, -0.25) is 0 Å². The van der Waals surface area contributed by atoms with Crippen LogP contribution in [-0.4, -0.2) is 26.2 Å². The number of alkyl halides is 1. The Morgan fingerprint density at radius 2 is 2.20 bits per heavy atom. The summed E-state index contributed by atoms with van der Waals surface area (Å²) in [5, 5.41) is 0.591. The van der Waals surface area contributed by atoms with E-state index in [1.165, 1.54) is 11.8 Å². The molecule has 15 heavy (non-hydrogen) atoms. The molecule has 0 spiro atoms. The molecule has 0 saturated heterocycles. The Balaban J connectivity index is 2.68. The fraction of sp³-hybridized carbons (Fsp3) is 0.250. The van der Waals surface area contributed by atoms with Crippen molar-refractivity contribution in [3.05, 3.63) is 11.9 Å². The van der Waals surface area contributed by atoms with E-state index in [9.17, 15) is 0 Å². The molecule has 0 saturated carbocycles. The summed E-state index contributed by atoms with van der Waals surface area (Å²) < 4.78 is 0. The molecule has 2 rings (SSSR count). The predicted octanol–water partition coefficient (Wildman–Crippen LogP) is 1.46. The van der Waals surface area contributed by atoms with Gasteiger partial charge < -0.3 is 5.73 Å². The molecule has 0 aliphatic heterocycles. The van der Waals surface area contributed by atoms with Crippen LogP contribution < -0.4 is 5.73 Å². The average molecular weight is 242 g/mol. The third-order valence-electron chi connectivity index (χ3n) is 1.78. The third-order valence-corrected chi connectivity index (χ3v) is 2.60. The van der Waals surface area contributed by atoms with Crippen LogP contribution in [0.25, 0.3) is 11.2 Å². The fourth-order valence-corrected chi connectivity index (χ4v) is 1.60. The van der Waals surface area contributed by atoms with Gasteiger partial charge in [0.05, 0.1) is 17.8 Å². The Morgan fingerprint density at radius 3 is 2.87 bits per heavy atom. The van der Waals surface area contributed by atoms with E-state index in [2.05, 4.69) is 19.9 Å². The van der Waals surface area contributed by atoms with Gasteiger partial charge in [0, 0.05) is 0 Å². The highest BCUT2D eigenvalue weighted by atomic mass is 35.5. The topological polar surface area (TPSA) is 77.6 Å². The first-order valence-corrected chi connectivity index (χ1v) is 5.89. The van der Waals surface area contributed by atoms with Crippen LogP contribution in [0.4, 0.5) is 5.82 Å². The molecule has 0 fully saturated rings. The van der Waals surface area contributed by atoms with Gasteiger partial charge >= 0.3 is 0 Å². The SMILES string of the molecule is CSc1nc(N)c2nc(CCl)cnc2n1. The van der Waals surface area contributed by atoms with Crippen molar-refractivity contribution in [3.8, 4) is 0 Å². The zero-order chi connectivity index (χ0) is 10.8. The number of hydrogen-bond acceptors (Lipinski definition) is 6. The van der Waals surface area contributed by atoms with E-state index in [0.717, 1.165) is 0 Å². The van der Waals surface area contributed by atoms with Crippen LogP contribution in [0.3, 0.4) is 0 Å². The molecule has 0 aliphatic carbocycles. The van der Waals surface area contributed by atoms with Gasteiger partial charge in [0.25, 0.3) is 0 Å². The fourth-order valence-electron chi connectivity index (χ4n) is 1.10. The molecule has 0 amide bonds. The van der Waals surface area contributed by atoms with Crippen LogP contribution >= 0.6 is 23.4 Å². The normalized spacial score (nSPS) is 10.8.